The zero-order chi connectivity index (χ0) is 16.4. The van der Waals surface area contributed by atoms with Crippen LogP contribution in [0.2, 0.25) is 0 Å². The fourth-order valence-electron chi connectivity index (χ4n) is 3.00. The minimum absolute atomic E-state index is 0.0422. The second kappa shape index (κ2) is 6.29. The van der Waals surface area contributed by atoms with Gasteiger partial charge in [0.25, 0.3) is 5.91 Å². The van der Waals surface area contributed by atoms with Crippen molar-refractivity contribution in [1.29, 1.82) is 0 Å². The standard InChI is InChI=1S/C15H21N3O5/c1-11(2)18-8-15(9-21-6-13(18)19)7-17(3-4-23-15)14(20)12-5-22-10-16-12/h5,10-11H,3-4,6-9H2,1-2H3. The molecule has 126 valence electrons. The van der Waals surface area contributed by atoms with Crippen LogP contribution in [0.25, 0.3) is 0 Å². The molecule has 1 aromatic rings. The van der Waals surface area contributed by atoms with Crippen LogP contribution >= 0.6 is 0 Å². The molecule has 8 heteroatoms. The van der Waals surface area contributed by atoms with Crippen LogP contribution in [-0.4, -0.2) is 77.7 Å². The summed E-state index contributed by atoms with van der Waals surface area (Å²) in [5, 5.41) is 0. The Morgan fingerprint density at radius 1 is 1.39 bits per heavy atom. The maximum Gasteiger partial charge on any atom is 0.275 e. The first kappa shape index (κ1) is 15.9. The van der Waals surface area contributed by atoms with Crippen molar-refractivity contribution >= 4 is 11.8 Å². The fourth-order valence-corrected chi connectivity index (χ4v) is 3.00. The normalized spacial score (nSPS) is 26.0. The Labute approximate surface area is 134 Å². The number of carbonyl (C=O) groups excluding carboxylic acids is 2. The highest BCUT2D eigenvalue weighted by Crippen LogP contribution is 2.25. The number of hydrogen-bond donors (Lipinski definition) is 0. The second-order valence-electron chi connectivity index (χ2n) is 6.24. The van der Waals surface area contributed by atoms with Gasteiger partial charge in [-0.05, 0) is 13.8 Å². The van der Waals surface area contributed by atoms with E-state index in [4.69, 9.17) is 13.9 Å². The molecule has 1 atom stereocenters. The van der Waals surface area contributed by atoms with Crippen molar-refractivity contribution in [2.45, 2.75) is 25.5 Å². The molecule has 1 spiro atoms. The van der Waals surface area contributed by atoms with Crippen molar-refractivity contribution in [2.24, 2.45) is 0 Å². The summed E-state index contributed by atoms with van der Waals surface area (Å²) in [7, 11) is 0. The lowest BCUT2D eigenvalue weighted by molar-refractivity contribution is -0.140. The van der Waals surface area contributed by atoms with E-state index in [1.807, 2.05) is 13.8 Å². The maximum absolute atomic E-state index is 12.5. The van der Waals surface area contributed by atoms with Gasteiger partial charge in [0.15, 0.2) is 12.1 Å². The highest BCUT2D eigenvalue weighted by atomic mass is 16.5. The average Bonchev–Trinajstić information content (AvgIpc) is 3.01. The molecule has 1 aromatic heterocycles. The van der Waals surface area contributed by atoms with Crippen molar-refractivity contribution in [3.05, 3.63) is 18.4 Å². The summed E-state index contributed by atoms with van der Waals surface area (Å²) in [6.45, 7) is 5.87. The van der Waals surface area contributed by atoms with Crippen LogP contribution in [0.5, 0.6) is 0 Å². The Morgan fingerprint density at radius 3 is 2.91 bits per heavy atom. The molecule has 0 saturated carbocycles. The maximum atomic E-state index is 12.5. The van der Waals surface area contributed by atoms with Gasteiger partial charge in [-0.2, -0.15) is 0 Å². The van der Waals surface area contributed by atoms with Crippen molar-refractivity contribution in [3.63, 3.8) is 0 Å². The van der Waals surface area contributed by atoms with E-state index in [1.165, 1.54) is 12.7 Å². The molecule has 3 heterocycles. The number of ether oxygens (including phenoxy) is 2. The Hall–Kier alpha value is -1.93. The van der Waals surface area contributed by atoms with E-state index >= 15 is 0 Å². The number of morpholine rings is 1. The first-order chi connectivity index (χ1) is 11.0. The van der Waals surface area contributed by atoms with Gasteiger partial charge >= 0.3 is 0 Å². The summed E-state index contributed by atoms with van der Waals surface area (Å²) in [6.07, 6.45) is 2.56. The molecule has 0 N–H and O–H groups in total. The largest absolute Gasteiger partial charge is 0.451 e. The molecule has 0 bridgehead atoms. The Morgan fingerprint density at radius 2 is 2.22 bits per heavy atom. The molecule has 8 nitrogen and oxygen atoms in total. The molecule has 0 aromatic carbocycles. The van der Waals surface area contributed by atoms with Crippen molar-refractivity contribution < 1.29 is 23.5 Å². The first-order valence-electron chi connectivity index (χ1n) is 7.69. The van der Waals surface area contributed by atoms with E-state index in [2.05, 4.69) is 4.98 Å². The molecule has 3 rings (SSSR count). The molecule has 2 fully saturated rings. The number of carbonyl (C=O) groups is 2. The second-order valence-corrected chi connectivity index (χ2v) is 6.24. The van der Waals surface area contributed by atoms with Gasteiger partial charge in [0, 0.05) is 12.6 Å². The molecule has 23 heavy (non-hydrogen) atoms. The third kappa shape index (κ3) is 3.23. The SMILES string of the molecule is CC(C)N1CC2(COCC1=O)CN(C(=O)c1cocn1)CCO2. The molecule has 2 aliphatic rings. The minimum Gasteiger partial charge on any atom is -0.451 e. The molecular formula is C15H21N3O5. The summed E-state index contributed by atoms with van der Waals surface area (Å²) < 4.78 is 16.3. The Bertz CT molecular complexity index is 574. The summed E-state index contributed by atoms with van der Waals surface area (Å²) in [6, 6.07) is 0.0475. The van der Waals surface area contributed by atoms with Crippen LogP contribution < -0.4 is 0 Å². The Kier molecular flexibility index (Phi) is 4.36. The van der Waals surface area contributed by atoms with Crippen LogP contribution in [0, 0.1) is 0 Å². The van der Waals surface area contributed by atoms with Gasteiger partial charge in [0.05, 0.1) is 26.3 Å². The zero-order valence-corrected chi connectivity index (χ0v) is 13.4. The highest BCUT2D eigenvalue weighted by molar-refractivity contribution is 5.92. The van der Waals surface area contributed by atoms with Crippen molar-refractivity contribution in [2.75, 3.05) is 39.5 Å². The van der Waals surface area contributed by atoms with E-state index in [0.29, 0.717) is 26.2 Å². The lowest BCUT2D eigenvalue weighted by atomic mass is 10.0. The molecule has 1 unspecified atom stereocenters. The van der Waals surface area contributed by atoms with Gasteiger partial charge in [-0.3, -0.25) is 9.59 Å². The summed E-state index contributed by atoms with van der Waals surface area (Å²) >= 11 is 0. The monoisotopic (exact) mass is 323 g/mol. The fraction of sp³-hybridized carbons (Fsp3) is 0.667. The van der Waals surface area contributed by atoms with Crippen LogP contribution in [-0.2, 0) is 14.3 Å². The van der Waals surface area contributed by atoms with E-state index in [9.17, 15) is 9.59 Å². The summed E-state index contributed by atoms with van der Waals surface area (Å²) in [5.74, 6) is -0.256. The molecule has 0 aliphatic carbocycles. The number of amides is 2. The lowest BCUT2D eigenvalue weighted by Crippen LogP contribution is -2.60. The van der Waals surface area contributed by atoms with Crippen LogP contribution in [0.4, 0.5) is 0 Å². The highest BCUT2D eigenvalue weighted by Gasteiger charge is 2.44. The van der Waals surface area contributed by atoms with Gasteiger partial charge < -0.3 is 23.7 Å². The predicted octanol–water partition coefficient (Wildman–Crippen LogP) is 0.153. The van der Waals surface area contributed by atoms with E-state index in [1.54, 1.807) is 9.80 Å². The van der Waals surface area contributed by atoms with Gasteiger partial charge in [-0.25, -0.2) is 4.98 Å². The summed E-state index contributed by atoms with van der Waals surface area (Å²) in [5.41, 5.74) is -0.429. The zero-order valence-electron chi connectivity index (χ0n) is 13.4. The van der Waals surface area contributed by atoms with Gasteiger partial charge in [-0.1, -0.05) is 0 Å². The van der Waals surface area contributed by atoms with Crippen molar-refractivity contribution in [3.8, 4) is 0 Å². The van der Waals surface area contributed by atoms with E-state index < -0.39 is 5.60 Å². The number of hydrogen-bond acceptors (Lipinski definition) is 6. The molecule has 2 aliphatic heterocycles. The van der Waals surface area contributed by atoms with Gasteiger partial charge in [0.2, 0.25) is 5.91 Å². The number of rotatable bonds is 2. The topological polar surface area (TPSA) is 85.1 Å². The first-order valence-corrected chi connectivity index (χ1v) is 7.69. The molecular weight excluding hydrogens is 302 g/mol. The average molecular weight is 323 g/mol. The third-order valence-corrected chi connectivity index (χ3v) is 4.18. The van der Waals surface area contributed by atoms with E-state index in [0.717, 1.165) is 0 Å². The number of oxazole rings is 1. The van der Waals surface area contributed by atoms with E-state index in [-0.39, 0.29) is 36.8 Å². The van der Waals surface area contributed by atoms with Crippen LogP contribution in [0.15, 0.2) is 17.1 Å². The number of nitrogens with zero attached hydrogens (tertiary/aromatic N) is 3. The minimum atomic E-state index is -0.700. The Balaban J connectivity index is 1.78. The number of aromatic nitrogens is 1. The van der Waals surface area contributed by atoms with Crippen LogP contribution in [0.3, 0.4) is 0 Å². The van der Waals surface area contributed by atoms with Crippen LogP contribution in [0.1, 0.15) is 24.3 Å². The predicted molar refractivity (Wildman–Crippen MR) is 78.8 cm³/mol. The smallest absolute Gasteiger partial charge is 0.275 e. The quantitative estimate of drug-likeness (QED) is 0.770. The lowest BCUT2D eigenvalue weighted by Gasteiger charge is -2.43. The molecule has 2 amide bonds. The molecule has 2 saturated heterocycles. The third-order valence-electron chi connectivity index (χ3n) is 4.18. The molecule has 0 radical (unpaired) electrons. The van der Waals surface area contributed by atoms with Gasteiger partial charge in [-0.15, -0.1) is 0 Å². The van der Waals surface area contributed by atoms with Gasteiger partial charge in [0.1, 0.15) is 18.5 Å². The summed E-state index contributed by atoms with van der Waals surface area (Å²) in [4.78, 5) is 31.9. The van der Waals surface area contributed by atoms with Crippen molar-refractivity contribution in [1.82, 2.24) is 14.8 Å².